The third-order valence-corrected chi connectivity index (χ3v) is 5.49. The van der Waals surface area contributed by atoms with Crippen LogP contribution in [0.15, 0.2) is 54.6 Å². The zero-order valence-corrected chi connectivity index (χ0v) is 16.1. The summed E-state index contributed by atoms with van der Waals surface area (Å²) in [5.74, 6) is -0.659. The molecule has 0 spiro atoms. The number of benzene rings is 2. The average Bonchev–Trinajstić information content (AvgIpc) is 3.22. The summed E-state index contributed by atoms with van der Waals surface area (Å²) >= 11 is 6.21. The van der Waals surface area contributed by atoms with E-state index in [4.69, 9.17) is 11.6 Å². The van der Waals surface area contributed by atoms with Crippen LogP contribution in [0.25, 0.3) is 10.9 Å². The topological polar surface area (TPSA) is 45.2 Å². The summed E-state index contributed by atoms with van der Waals surface area (Å²) in [6.07, 6.45) is 2.35. The molecule has 0 bridgehead atoms. The maximum absolute atomic E-state index is 13.4. The molecule has 2 heterocycles. The normalized spacial score (nSPS) is 15.6. The van der Waals surface area contributed by atoms with Gasteiger partial charge in [0.2, 0.25) is 0 Å². The van der Waals surface area contributed by atoms with Crippen molar-refractivity contribution in [2.24, 2.45) is 0 Å². The molecule has 0 aliphatic carbocycles. The van der Waals surface area contributed by atoms with Gasteiger partial charge in [0.25, 0.3) is 5.91 Å². The van der Waals surface area contributed by atoms with Gasteiger partial charge in [-0.3, -0.25) is 9.69 Å². The molecule has 3 aromatic rings. The van der Waals surface area contributed by atoms with Gasteiger partial charge in [0.1, 0.15) is 11.0 Å². The number of rotatable bonds is 5. The number of likely N-dealkylation sites (tertiary alicyclic amines) is 1. The van der Waals surface area contributed by atoms with Gasteiger partial charge in [0, 0.05) is 18.0 Å². The molecule has 28 heavy (non-hydrogen) atoms. The fourth-order valence-corrected chi connectivity index (χ4v) is 3.98. The third kappa shape index (κ3) is 4.01. The van der Waals surface area contributed by atoms with Crippen LogP contribution in [0.4, 0.5) is 4.39 Å². The first-order valence-electron chi connectivity index (χ1n) is 9.45. The molecular formula is C22H21ClFN3O. The van der Waals surface area contributed by atoms with Crippen LogP contribution in [-0.4, -0.2) is 35.4 Å². The number of carbonyl (C=O) groups excluding carboxylic acids is 1. The predicted octanol–water partition coefficient (Wildman–Crippen LogP) is 4.59. The number of nitrogens with zero attached hydrogens (tertiary/aromatic N) is 2. The Bertz CT molecular complexity index is 990. The maximum atomic E-state index is 13.4. The van der Waals surface area contributed by atoms with Gasteiger partial charge in [0.05, 0.1) is 17.1 Å². The second kappa shape index (κ2) is 8.25. The zero-order chi connectivity index (χ0) is 19.5. The second-order valence-corrected chi connectivity index (χ2v) is 7.40. The molecule has 1 N–H and O–H groups in total. The largest absolute Gasteiger partial charge is 0.350 e. The van der Waals surface area contributed by atoms with E-state index in [0.717, 1.165) is 13.1 Å². The number of hydrogen-bond donors (Lipinski definition) is 1. The molecule has 0 saturated carbocycles. The van der Waals surface area contributed by atoms with E-state index in [1.54, 1.807) is 12.1 Å². The van der Waals surface area contributed by atoms with Crippen molar-refractivity contribution in [3.05, 3.63) is 76.7 Å². The summed E-state index contributed by atoms with van der Waals surface area (Å²) in [6, 6.07) is 16.2. The Kier molecular flexibility index (Phi) is 5.55. The summed E-state index contributed by atoms with van der Waals surface area (Å²) < 4.78 is 13.4. The highest BCUT2D eigenvalue weighted by Crippen LogP contribution is 2.25. The number of carbonyl (C=O) groups is 1. The lowest BCUT2D eigenvalue weighted by Crippen LogP contribution is -2.37. The van der Waals surface area contributed by atoms with Crippen molar-refractivity contribution < 1.29 is 9.18 Å². The number of nitrogens with one attached hydrogen (secondary N) is 1. The standard InChI is InChI=1S/C22H21ClFN3O/c23-21-18(12-16-8-9-17(24)13-19(16)26-21)22(28)25-14-20(27-10-4-5-11-27)15-6-2-1-3-7-15/h1-3,6-9,12-13,20H,4-5,10-11,14H2,(H,25,28). The first-order chi connectivity index (χ1) is 13.6. The Balaban J connectivity index is 1.54. The number of aromatic nitrogens is 1. The Hall–Kier alpha value is -2.50. The van der Waals surface area contributed by atoms with Crippen molar-refractivity contribution in [1.82, 2.24) is 15.2 Å². The number of amides is 1. The monoisotopic (exact) mass is 397 g/mol. The highest BCUT2D eigenvalue weighted by molar-refractivity contribution is 6.33. The fourth-order valence-electron chi connectivity index (χ4n) is 3.75. The summed E-state index contributed by atoms with van der Waals surface area (Å²) in [6.45, 7) is 2.54. The molecule has 1 amide bonds. The average molecular weight is 398 g/mol. The van der Waals surface area contributed by atoms with Gasteiger partial charge in [0.15, 0.2) is 0 Å². The second-order valence-electron chi connectivity index (χ2n) is 7.04. The Morgan fingerprint density at radius 1 is 1.14 bits per heavy atom. The summed E-state index contributed by atoms with van der Waals surface area (Å²) in [4.78, 5) is 19.4. The smallest absolute Gasteiger partial charge is 0.254 e. The van der Waals surface area contributed by atoms with E-state index in [0.29, 0.717) is 23.0 Å². The lowest BCUT2D eigenvalue weighted by molar-refractivity contribution is 0.0938. The summed E-state index contributed by atoms with van der Waals surface area (Å²) in [5, 5.41) is 3.77. The van der Waals surface area contributed by atoms with Gasteiger partial charge in [-0.25, -0.2) is 9.37 Å². The zero-order valence-electron chi connectivity index (χ0n) is 15.4. The van der Waals surface area contributed by atoms with Crippen LogP contribution < -0.4 is 5.32 Å². The molecule has 2 aromatic carbocycles. The van der Waals surface area contributed by atoms with Crippen molar-refractivity contribution in [2.45, 2.75) is 18.9 Å². The van der Waals surface area contributed by atoms with E-state index in [1.165, 1.54) is 30.5 Å². The maximum Gasteiger partial charge on any atom is 0.254 e. The molecule has 1 fully saturated rings. The minimum absolute atomic E-state index is 0.0769. The minimum atomic E-state index is -0.385. The van der Waals surface area contributed by atoms with E-state index in [-0.39, 0.29) is 22.9 Å². The minimum Gasteiger partial charge on any atom is -0.350 e. The molecule has 6 heteroatoms. The van der Waals surface area contributed by atoms with E-state index >= 15 is 0 Å². The first kappa shape index (κ1) is 18.8. The molecule has 0 radical (unpaired) electrons. The fraction of sp³-hybridized carbons (Fsp3) is 0.273. The molecule has 4 rings (SSSR count). The lowest BCUT2D eigenvalue weighted by atomic mass is 10.1. The van der Waals surface area contributed by atoms with Crippen molar-refractivity contribution >= 4 is 28.4 Å². The SMILES string of the molecule is O=C(NCC(c1ccccc1)N1CCCC1)c1cc2ccc(F)cc2nc1Cl. The van der Waals surface area contributed by atoms with Gasteiger partial charge < -0.3 is 5.32 Å². The summed E-state index contributed by atoms with van der Waals surface area (Å²) in [7, 11) is 0. The Labute approximate surface area is 168 Å². The van der Waals surface area contributed by atoms with Crippen molar-refractivity contribution in [3.8, 4) is 0 Å². The van der Waals surface area contributed by atoms with Gasteiger partial charge in [-0.05, 0) is 49.7 Å². The number of halogens is 2. The molecule has 1 aromatic heterocycles. The molecule has 144 valence electrons. The van der Waals surface area contributed by atoms with Gasteiger partial charge in [-0.2, -0.15) is 0 Å². The molecule has 1 saturated heterocycles. The van der Waals surface area contributed by atoms with E-state index in [9.17, 15) is 9.18 Å². The van der Waals surface area contributed by atoms with Crippen LogP contribution >= 0.6 is 11.6 Å². The number of hydrogen-bond acceptors (Lipinski definition) is 3. The van der Waals surface area contributed by atoms with E-state index in [1.807, 2.05) is 18.2 Å². The van der Waals surface area contributed by atoms with Crippen LogP contribution in [-0.2, 0) is 0 Å². The quantitative estimate of drug-likeness (QED) is 0.640. The van der Waals surface area contributed by atoms with E-state index in [2.05, 4.69) is 27.3 Å². The lowest BCUT2D eigenvalue weighted by Gasteiger charge is -2.28. The number of fused-ring (bicyclic) bond motifs is 1. The molecular weight excluding hydrogens is 377 g/mol. The van der Waals surface area contributed by atoms with Gasteiger partial charge in [-0.1, -0.05) is 41.9 Å². The van der Waals surface area contributed by atoms with E-state index < -0.39 is 0 Å². The van der Waals surface area contributed by atoms with Crippen molar-refractivity contribution in [3.63, 3.8) is 0 Å². The first-order valence-corrected chi connectivity index (χ1v) is 9.82. The van der Waals surface area contributed by atoms with Crippen LogP contribution in [0.1, 0.15) is 34.8 Å². The highest BCUT2D eigenvalue weighted by Gasteiger charge is 2.24. The molecule has 1 aliphatic rings. The Morgan fingerprint density at radius 2 is 1.89 bits per heavy atom. The van der Waals surface area contributed by atoms with Crippen molar-refractivity contribution in [1.29, 1.82) is 0 Å². The van der Waals surface area contributed by atoms with Gasteiger partial charge >= 0.3 is 0 Å². The molecule has 4 nitrogen and oxygen atoms in total. The van der Waals surface area contributed by atoms with Crippen molar-refractivity contribution in [2.75, 3.05) is 19.6 Å². The van der Waals surface area contributed by atoms with Crippen LogP contribution in [0.2, 0.25) is 5.15 Å². The Morgan fingerprint density at radius 3 is 2.64 bits per heavy atom. The molecule has 1 atom stereocenters. The molecule has 1 unspecified atom stereocenters. The van der Waals surface area contributed by atoms with Crippen LogP contribution in [0.5, 0.6) is 0 Å². The number of pyridine rings is 1. The van der Waals surface area contributed by atoms with Gasteiger partial charge in [-0.15, -0.1) is 0 Å². The third-order valence-electron chi connectivity index (χ3n) is 5.20. The highest BCUT2D eigenvalue weighted by atomic mass is 35.5. The summed E-state index contributed by atoms with van der Waals surface area (Å²) in [5.41, 5.74) is 1.91. The predicted molar refractivity (Wildman–Crippen MR) is 109 cm³/mol. The van der Waals surface area contributed by atoms with Crippen LogP contribution in [0, 0.1) is 5.82 Å². The molecule has 1 aliphatic heterocycles. The van der Waals surface area contributed by atoms with Crippen LogP contribution in [0.3, 0.4) is 0 Å².